The van der Waals surface area contributed by atoms with Crippen molar-refractivity contribution in [3.8, 4) is 5.75 Å². The highest BCUT2D eigenvalue weighted by Crippen LogP contribution is 2.13. The van der Waals surface area contributed by atoms with Crippen LogP contribution in [-0.2, 0) is 6.61 Å². The second-order valence-corrected chi connectivity index (χ2v) is 5.57. The molecule has 2 aromatic carbocycles. The highest BCUT2D eigenvalue weighted by molar-refractivity contribution is 5.80. The highest BCUT2D eigenvalue weighted by Gasteiger charge is 1.98. The van der Waals surface area contributed by atoms with E-state index >= 15 is 0 Å². The lowest BCUT2D eigenvalue weighted by atomic mass is 10.2. The first-order chi connectivity index (χ1) is 12.9. The van der Waals surface area contributed by atoms with Crippen LogP contribution in [0.3, 0.4) is 0 Å². The van der Waals surface area contributed by atoms with Gasteiger partial charge in [-0.1, -0.05) is 30.3 Å². The molecule has 0 aliphatic heterocycles. The molecule has 7 nitrogen and oxygen atoms in total. The summed E-state index contributed by atoms with van der Waals surface area (Å²) in [4.78, 5) is 0. The lowest BCUT2D eigenvalue weighted by Crippen LogP contribution is -1.98. The van der Waals surface area contributed by atoms with E-state index in [1.54, 1.807) is 23.1 Å². The first-order valence-electron chi connectivity index (χ1n) is 8.10. The minimum Gasteiger partial charge on any atom is -0.489 e. The highest BCUT2D eigenvalue weighted by atomic mass is 16.5. The van der Waals surface area contributed by atoms with Gasteiger partial charge in [-0.2, -0.15) is 9.62 Å². The summed E-state index contributed by atoms with van der Waals surface area (Å²) >= 11 is 0. The molecule has 4 aromatic rings. The van der Waals surface area contributed by atoms with Crippen LogP contribution in [0.25, 0.3) is 5.65 Å². The molecule has 0 saturated heterocycles. The Balaban J connectivity index is 1.33. The lowest BCUT2D eigenvalue weighted by Gasteiger charge is -2.06. The van der Waals surface area contributed by atoms with Crippen LogP contribution in [0.2, 0.25) is 0 Å². The van der Waals surface area contributed by atoms with Crippen molar-refractivity contribution in [1.29, 1.82) is 0 Å². The van der Waals surface area contributed by atoms with Gasteiger partial charge in [-0.05, 0) is 47.5 Å². The Morgan fingerprint density at radius 3 is 2.69 bits per heavy atom. The molecular weight excluding hydrogens is 328 g/mol. The summed E-state index contributed by atoms with van der Waals surface area (Å²) < 4.78 is 7.35. The molecule has 0 spiro atoms. The number of anilines is 1. The van der Waals surface area contributed by atoms with E-state index in [0.29, 0.717) is 18.1 Å². The van der Waals surface area contributed by atoms with Crippen LogP contribution in [0, 0.1) is 0 Å². The monoisotopic (exact) mass is 344 g/mol. The minimum atomic E-state index is 0.549. The summed E-state index contributed by atoms with van der Waals surface area (Å²) in [6.07, 6.45) is 3.26. The zero-order chi connectivity index (χ0) is 17.6. The average molecular weight is 344 g/mol. The summed E-state index contributed by atoms with van der Waals surface area (Å²) in [5.41, 5.74) is 5.67. The van der Waals surface area contributed by atoms with Gasteiger partial charge >= 0.3 is 0 Å². The molecule has 0 unspecified atom stereocenters. The average Bonchev–Trinajstić information content (AvgIpc) is 3.16. The van der Waals surface area contributed by atoms with Crippen LogP contribution >= 0.6 is 0 Å². The summed E-state index contributed by atoms with van der Waals surface area (Å²) in [6.45, 7) is 0.549. The zero-order valence-corrected chi connectivity index (χ0v) is 13.9. The Bertz CT molecular complexity index is 1010. The molecule has 0 bridgehead atoms. The zero-order valence-electron chi connectivity index (χ0n) is 13.9. The van der Waals surface area contributed by atoms with Crippen molar-refractivity contribution in [2.45, 2.75) is 6.61 Å². The Labute approximate surface area is 150 Å². The van der Waals surface area contributed by atoms with Gasteiger partial charge in [0.1, 0.15) is 18.7 Å². The van der Waals surface area contributed by atoms with Crippen LogP contribution in [0.4, 0.5) is 5.82 Å². The van der Waals surface area contributed by atoms with Gasteiger partial charge in [0.25, 0.3) is 0 Å². The molecule has 4 rings (SSSR count). The maximum atomic E-state index is 5.77. The van der Waals surface area contributed by atoms with Crippen LogP contribution in [0.5, 0.6) is 5.75 Å². The Morgan fingerprint density at radius 2 is 1.85 bits per heavy atom. The summed E-state index contributed by atoms with van der Waals surface area (Å²) in [5.74, 6) is 1.43. The number of aromatic nitrogens is 4. The van der Waals surface area contributed by atoms with E-state index in [0.717, 1.165) is 16.9 Å². The fourth-order valence-corrected chi connectivity index (χ4v) is 2.35. The molecule has 26 heavy (non-hydrogen) atoms. The predicted molar refractivity (Wildman–Crippen MR) is 99.2 cm³/mol. The third-order valence-corrected chi connectivity index (χ3v) is 3.68. The molecular formula is C19H16N6O. The summed E-state index contributed by atoms with van der Waals surface area (Å²) in [7, 11) is 0. The van der Waals surface area contributed by atoms with Gasteiger partial charge < -0.3 is 4.74 Å². The largest absolute Gasteiger partial charge is 0.489 e. The van der Waals surface area contributed by atoms with Crippen LogP contribution < -0.4 is 10.2 Å². The van der Waals surface area contributed by atoms with Crippen molar-refractivity contribution in [2.24, 2.45) is 5.10 Å². The molecule has 0 radical (unpaired) electrons. The van der Waals surface area contributed by atoms with Gasteiger partial charge in [-0.15, -0.1) is 15.3 Å². The maximum Gasteiger partial charge on any atom is 0.177 e. The molecule has 0 saturated carbocycles. The van der Waals surface area contributed by atoms with E-state index in [1.807, 2.05) is 60.7 Å². The number of nitrogens with zero attached hydrogens (tertiary/aromatic N) is 5. The number of ether oxygens (including phenoxy) is 1. The van der Waals surface area contributed by atoms with E-state index in [2.05, 4.69) is 25.8 Å². The molecule has 128 valence electrons. The first kappa shape index (κ1) is 15.8. The van der Waals surface area contributed by atoms with Crippen molar-refractivity contribution in [1.82, 2.24) is 19.8 Å². The standard InChI is InChI=1S/C19H16N6O/c1-2-4-16(5-3-1)13-26-17-8-6-15(7-9-17)12-20-22-18-10-11-19-23-21-14-25(19)24-18/h1-12,14H,13H2,(H,22,24)/b20-12-. The summed E-state index contributed by atoms with van der Waals surface area (Å²) in [6, 6.07) is 21.4. The number of hydrogen-bond donors (Lipinski definition) is 1. The third kappa shape index (κ3) is 3.84. The number of fused-ring (bicyclic) bond motifs is 1. The lowest BCUT2D eigenvalue weighted by molar-refractivity contribution is 0.306. The molecule has 0 fully saturated rings. The van der Waals surface area contributed by atoms with Crippen molar-refractivity contribution < 1.29 is 4.74 Å². The number of benzene rings is 2. The van der Waals surface area contributed by atoms with Gasteiger partial charge in [0, 0.05) is 0 Å². The van der Waals surface area contributed by atoms with E-state index in [1.165, 1.54) is 0 Å². The fourth-order valence-electron chi connectivity index (χ4n) is 2.35. The molecule has 0 aliphatic carbocycles. The van der Waals surface area contributed by atoms with Crippen molar-refractivity contribution >= 4 is 17.7 Å². The first-order valence-corrected chi connectivity index (χ1v) is 8.10. The molecule has 0 atom stereocenters. The normalized spacial score (nSPS) is 11.1. The Hall–Kier alpha value is -3.74. The molecule has 7 heteroatoms. The van der Waals surface area contributed by atoms with E-state index in [9.17, 15) is 0 Å². The van der Waals surface area contributed by atoms with Crippen LogP contribution in [0.15, 0.2) is 78.2 Å². The van der Waals surface area contributed by atoms with Gasteiger partial charge in [-0.25, -0.2) is 0 Å². The SMILES string of the molecule is C(=N/Nc1ccc2nncn2n1)/c1ccc(OCc2ccccc2)cc1. The summed E-state index contributed by atoms with van der Waals surface area (Å²) in [5, 5.41) is 16.2. The maximum absolute atomic E-state index is 5.77. The second-order valence-electron chi connectivity index (χ2n) is 5.57. The van der Waals surface area contributed by atoms with Crippen LogP contribution in [-0.4, -0.2) is 26.0 Å². The van der Waals surface area contributed by atoms with Crippen molar-refractivity contribution in [2.75, 3.05) is 5.43 Å². The number of rotatable bonds is 6. The van der Waals surface area contributed by atoms with E-state index < -0.39 is 0 Å². The minimum absolute atomic E-state index is 0.549. The quantitative estimate of drug-likeness (QED) is 0.429. The van der Waals surface area contributed by atoms with Crippen molar-refractivity contribution in [3.05, 3.63) is 84.2 Å². The Kier molecular flexibility index (Phi) is 4.51. The van der Waals surface area contributed by atoms with Gasteiger partial charge in [0.15, 0.2) is 11.5 Å². The van der Waals surface area contributed by atoms with E-state index in [-0.39, 0.29) is 0 Å². The van der Waals surface area contributed by atoms with Gasteiger partial charge in [-0.3, -0.25) is 5.43 Å². The van der Waals surface area contributed by atoms with Crippen molar-refractivity contribution in [3.63, 3.8) is 0 Å². The topological polar surface area (TPSA) is 76.7 Å². The number of hydrogen-bond acceptors (Lipinski definition) is 6. The smallest absolute Gasteiger partial charge is 0.177 e. The molecule has 1 N–H and O–H groups in total. The van der Waals surface area contributed by atoms with E-state index in [4.69, 9.17) is 4.74 Å². The fraction of sp³-hybridized carbons (Fsp3) is 0.0526. The Morgan fingerprint density at radius 1 is 1.00 bits per heavy atom. The van der Waals surface area contributed by atoms with Gasteiger partial charge in [0.05, 0.1) is 6.21 Å². The number of hydrazone groups is 1. The molecule has 0 aliphatic rings. The second kappa shape index (κ2) is 7.43. The third-order valence-electron chi connectivity index (χ3n) is 3.68. The number of nitrogens with one attached hydrogen (secondary N) is 1. The molecule has 2 heterocycles. The molecule has 2 aromatic heterocycles. The van der Waals surface area contributed by atoms with Gasteiger partial charge in [0.2, 0.25) is 0 Å². The molecule has 0 amide bonds. The predicted octanol–water partition coefficient (Wildman–Crippen LogP) is 3.15. The van der Waals surface area contributed by atoms with Crippen LogP contribution in [0.1, 0.15) is 11.1 Å².